The molecule has 2 aromatic rings. The van der Waals surface area contributed by atoms with Gasteiger partial charge in [-0.15, -0.1) is 11.8 Å². The lowest BCUT2D eigenvalue weighted by Gasteiger charge is -2.11. The maximum absolute atomic E-state index is 9.79. The second-order valence-corrected chi connectivity index (χ2v) is 5.05. The van der Waals surface area contributed by atoms with Crippen molar-refractivity contribution in [3.8, 4) is 5.75 Å². The standard InChI is InChI=1S/C14H16O2S/c1-10(16-2)9-17-14-8-7-13(15)11-5-3-4-6-12(11)14/h3-8,10,15H,9H2,1-2H3. The van der Waals surface area contributed by atoms with E-state index in [4.69, 9.17) is 4.74 Å². The molecule has 0 saturated heterocycles. The van der Waals surface area contributed by atoms with Crippen molar-refractivity contribution in [1.82, 2.24) is 0 Å². The van der Waals surface area contributed by atoms with Crippen LogP contribution < -0.4 is 0 Å². The van der Waals surface area contributed by atoms with Crippen molar-refractivity contribution >= 4 is 22.5 Å². The third-order valence-corrected chi connectivity index (χ3v) is 4.04. The molecular weight excluding hydrogens is 232 g/mol. The first-order valence-corrected chi connectivity index (χ1v) is 6.57. The maximum atomic E-state index is 9.79. The number of benzene rings is 2. The van der Waals surface area contributed by atoms with Gasteiger partial charge in [0.2, 0.25) is 0 Å². The van der Waals surface area contributed by atoms with Crippen LogP contribution in [-0.4, -0.2) is 24.1 Å². The Morgan fingerprint density at radius 2 is 1.88 bits per heavy atom. The Morgan fingerprint density at radius 1 is 1.18 bits per heavy atom. The molecule has 0 aromatic heterocycles. The van der Waals surface area contributed by atoms with Crippen LogP contribution >= 0.6 is 11.8 Å². The fourth-order valence-corrected chi connectivity index (χ4v) is 2.70. The van der Waals surface area contributed by atoms with Crippen molar-refractivity contribution in [3.05, 3.63) is 36.4 Å². The van der Waals surface area contributed by atoms with Gasteiger partial charge in [-0.3, -0.25) is 0 Å². The Kier molecular flexibility index (Phi) is 3.92. The number of hydrogen-bond acceptors (Lipinski definition) is 3. The summed E-state index contributed by atoms with van der Waals surface area (Å²) in [6.07, 6.45) is 0.229. The van der Waals surface area contributed by atoms with Gasteiger partial charge in [0.25, 0.3) is 0 Å². The third-order valence-electron chi connectivity index (χ3n) is 2.74. The minimum atomic E-state index is 0.229. The van der Waals surface area contributed by atoms with E-state index < -0.39 is 0 Å². The van der Waals surface area contributed by atoms with Crippen LogP contribution in [0.4, 0.5) is 0 Å². The van der Waals surface area contributed by atoms with Crippen molar-refractivity contribution in [1.29, 1.82) is 0 Å². The fourth-order valence-electron chi connectivity index (χ4n) is 1.66. The quantitative estimate of drug-likeness (QED) is 0.837. The summed E-state index contributed by atoms with van der Waals surface area (Å²) < 4.78 is 5.24. The van der Waals surface area contributed by atoms with Gasteiger partial charge in [0.15, 0.2) is 0 Å². The number of phenolic OH excluding ortho intramolecular Hbond substituents is 1. The number of ether oxygens (including phenoxy) is 1. The number of rotatable bonds is 4. The summed E-state index contributed by atoms with van der Waals surface area (Å²) in [6, 6.07) is 11.6. The highest BCUT2D eigenvalue weighted by atomic mass is 32.2. The predicted molar refractivity (Wildman–Crippen MR) is 72.8 cm³/mol. The average Bonchev–Trinajstić information content (AvgIpc) is 2.38. The summed E-state index contributed by atoms with van der Waals surface area (Å²) in [7, 11) is 1.72. The minimum absolute atomic E-state index is 0.229. The monoisotopic (exact) mass is 248 g/mol. The van der Waals surface area contributed by atoms with Gasteiger partial charge in [-0.05, 0) is 24.4 Å². The number of thioether (sulfide) groups is 1. The van der Waals surface area contributed by atoms with Gasteiger partial charge in [-0.2, -0.15) is 0 Å². The lowest BCUT2D eigenvalue weighted by molar-refractivity contribution is 0.138. The lowest BCUT2D eigenvalue weighted by Crippen LogP contribution is -2.07. The van der Waals surface area contributed by atoms with Gasteiger partial charge in [0.05, 0.1) is 6.10 Å². The Hall–Kier alpha value is -1.19. The highest BCUT2D eigenvalue weighted by Crippen LogP contribution is 2.33. The third kappa shape index (κ3) is 2.73. The van der Waals surface area contributed by atoms with Gasteiger partial charge < -0.3 is 9.84 Å². The van der Waals surface area contributed by atoms with E-state index in [1.165, 1.54) is 4.90 Å². The molecule has 0 saturated carbocycles. The Labute approximate surface area is 106 Å². The summed E-state index contributed by atoms with van der Waals surface area (Å²) in [4.78, 5) is 1.18. The Morgan fingerprint density at radius 3 is 2.59 bits per heavy atom. The number of hydrogen-bond donors (Lipinski definition) is 1. The largest absolute Gasteiger partial charge is 0.507 e. The summed E-state index contributed by atoms with van der Waals surface area (Å²) in [5.74, 6) is 1.25. The first-order valence-electron chi connectivity index (χ1n) is 5.58. The van der Waals surface area contributed by atoms with Crippen LogP contribution in [0.25, 0.3) is 10.8 Å². The molecule has 0 aliphatic heterocycles. The normalized spacial score (nSPS) is 12.8. The fraction of sp³-hybridized carbons (Fsp3) is 0.286. The second kappa shape index (κ2) is 5.43. The molecule has 90 valence electrons. The van der Waals surface area contributed by atoms with Crippen LogP contribution in [0.5, 0.6) is 5.75 Å². The van der Waals surface area contributed by atoms with E-state index in [1.54, 1.807) is 24.9 Å². The molecular formula is C14H16O2S. The second-order valence-electron chi connectivity index (χ2n) is 3.99. The maximum Gasteiger partial charge on any atom is 0.123 e. The zero-order valence-corrected chi connectivity index (χ0v) is 10.8. The van der Waals surface area contributed by atoms with Gasteiger partial charge in [-0.1, -0.05) is 24.3 Å². The zero-order valence-electron chi connectivity index (χ0n) is 10.0. The van der Waals surface area contributed by atoms with E-state index in [9.17, 15) is 5.11 Å². The summed E-state index contributed by atoms with van der Waals surface area (Å²) in [6.45, 7) is 2.05. The van der Waals surface area contributed by atoms with Crippen LogP contribution in [0, 0.1) is 0 Å². The van der Waals surface area contributed by atoms with Crippen LogP contribution in [0.3, 0.4) is 0 Å². The smallest absolute Gasteiger partial charge is 0.123 e. The Bertz CT molecular complexity index is 511. The molecule has 0 aliphatic carbocycles. The van der Waals surface area contributed by atoms with E-state index in [-0.39, 0.29) is 6.10 Å². The van der Waals surface area contributed by atoms with Crippen LogP contribution in [-0.2, 0) is 4.74 Å². The number of aromatic hydroxyl groups is 1. The van der Waals surface area contributed by atoms with Gasteiger partial charge in [0, 0.05) is 23.1 Å². The molecule has 2 rings (SSSR count). The van der Waals surface area contributed by atoms with Crippen LogP contribution in [0.1, 0.15) is 6.92 Å². The highest BCUT2D eigenvalue weighted by Gasteiger charge is 2.07. The van der Waals surface area contributed by atoms with E-state index in [2.05, 4.69) is 6.92 Å². The number of methoxy groups -OCH3 is 1. The Balaban J connectivity index is 2.32. The zero-order chi connectivity index (χ0) is 12.3. The van der Waals surface area contributed by atoms with E-state index in [1.807, 2.05) is 30.3 Å². The van der Waals surface area contributed by atoms with Crippen molar-refractivity contribution in [2.45, 2.75) is 17.9 Å². The van der Waals surface area contributed by atoms with Gasteiger partial charge >= 0.3 is 0 Å². The van der Waals surface area contributed by atoms with Crippen molar-refractivity contribution in [2.24, 2.45) is 0 Å². The molecule has 1 N–H and O–H groups in total. The van der Waals surface area contributed by atoms with E-state index >= 15 is 0 Å². The van der Waals surface area contributed by atoms with Gasteiger partial charge in [0.1, 0.15) is 5.75 Å². The molecule has 1 unspecified atom stereocenters. The van der Waals surface area contributed by atoms with Gasteiger partial charge in [-0.25, -0.2) is 0 Å². The summed E-state index contributed by atoms with van der Waals surface area (Å²) in [5, 5.41) is 11.8. The molecule has 17 heavy (non-hydrogen) atoms. The minimum Gasteiger partial charge on any atom is -0.507 e. The molecule has 0 aliphatic rings. The lowest BCUT2D eigenvalue weighted by atomic mass is 10.1. The molecule has 1 atom stereocenters. The van der Waals surface area contributed by atoms with E-state index in [0.717, 1.165) is 16.5 Å². The topological polar surface area (TPSA) is 29.5 Å². The molecule has 0 heterocycles. The van der Waals surface area contributed by atoms with Crippen LogP contribution in [0.15, 0.2) is 41.3 Å². The molecule has 0 radical (unpaired) electrons. The molecule has 0 fully saturated rings. The summed E-state index contributed by atoms with van der Waals surface area (Å²) >= 11 is 1.76. The first kappa shape index (κ1) is 12.3. The van der Waals surface area contributed by atoms with Crippen molar-refractivity contribution < 1.29 is 9.84 Å². The van der Waals surface area contributed by atoms with Crippen molar-refractivity contribution in [3.63, 3.8) is 0 Å². The number of fused-ring (bicyclic) bond motifs is 1. The predicted octanol–water partition coefficient (Wildman–Crippen LogP) is 3.67. The SMILES string of the molecule is COC(C)CSc1ccc(O)c2ccccc12. The number of phenols is 1. The summed E-state index contributed by atoms with van der Waals surface area (Å²) in [5.41, 5.74) is 0. The molecule has 0 spiro atoms. The molecule has 2 aromatic carbocycles. The molecule has 0 bridgehead atoms. The molecule has 2 nitrogen and oxygen atoms in total. The van der Waals surface area contributed by atoms with Crippen LogP contribution in [0.2, 0.25) is 0 Å². The molecule has 0 amide bonds. The average molecular weight is 248 g/mol. The highest BCUT2D eigenvalue weighted by molar-refractivity contribution is 7.99. The first-order chi connectivity index (χ1) is 8.22. The van der Waals surface area contributed by atoms with E-state index in [0.29, 0.717) is 5.75 Å². The molecule has 3 heteroatoms. The van der Waals surface area contributed by atoms with Crippen molar-refractivity contribution in [2.75, 3.05) is 12.9 Å².